The third-order valence-electron chi connectivity index (χ3n) is 5.77. The molecule has 0 bridgehead atoms. The Labute approximate surface area is 201 Å². The molecular formula is C24H29N3O4S2. The van der Waals surface area contributed by atoms with Crippen LogP contribution in [0.4, 0.5) is 5.69 Å². The minimum atomic E-state index is -0.340. The van der Waals surface area contributed by atoms with Crippen LogP contribution in [0, 0.1) is 13.8 Å². The molecule has 0 saturated carbocycles. The summed E-state index contributed by atoms with van der Waals surface area (Å²) in [4.78, 5) is 34.6. The lowest BCUT2D eigenvalue weighted by Gasteiger charge is -2.23. The molecule has 9 heteroatoms. The summed E-state index contributed by atoms with van der Waals surface area (Å²) in [6.45, 7) is 7.02. The second-order valence-electron chi connectivity index (χ2n) is 8.21. The molecular weight excluding hydrogens is 458 g/mol. The van der Waals surface area contributed by atoms with Crippen molar-refractivity contribution in [1.29, 1.82) is 0 Å². The van der Waals surface area contributed by atoms with Crippen molar-refractivity contribution in [2.45, 2.75) is 57.1 Å². The van der Waals surface area contributed by atoms with Gasteiger partial charge in [0.15, 0.2) is 0 Å². The van der Waals surface area contributed by atoms with E-state index >= 15 is 0 Å². The molecule has 1 aliphatic heterocycles. The average Bonchev–Trinajstić information content (AvgIpc) is 3.11. The Hall–Kier alpha value is -2.36. The summed E-state index contributed by atoms with van der Waals surface area (Å²) in [6.07, 6.45) is 3.34. The first kappa shape index (κ1) is 23.8. The molecule has 7 nitrogen and oxygen atoms in total. The first-order chi connectivity index (χ1) is 15.9. The van der Waals surface area contributed by atoms with Gasteiger partial charge in [0.05, 0.1) is 28.2 Å². The molecule has 176 valence electrons. The maximum absolute atomic E-state index is 12.8. The van der Waals surface area contributed by atoms with E-state index in [1.165, 1.54) is 23.1 Å². The minimum absolute atomic E-state index is 0.0971. The molecule has 1 fully saturated rings. The number of carbonyl (C=O) groups excluding carboxylic acids is 1. The van der Waals surface area contributed by atoms with Crippen LogP contribution < -0.4 is 15.6 Å². The van der Waals surface area contributed by atoms with Gasteiger partial charge < -0.3 is 19.8 Å². The van der Waals surface area contributed by atoms with Gasteiger partial charge in [0, 0.05) is 11.5 Å². The Bertz CT molecular complexity index is 1180. The third-order valence-corrected chi connectivity index (χ3v) is 8.03. The molecule has 2 unspecified atom stereocenters. The lowest BCUT2D eigenvalue weighted by Crippen LogP contribution is -2.26. The second kappa shape index (κ2) is 10.7. The van der Waals surface area contributed by atoms with E-state index in [-0.39, 0.29) is 22.8 Å². The quantitative estimate of drug-likeness (QED) is 0.474. The van der Waals surface area contributed by atoms with E-state index in [9.17, 15) is 9.59 Å². The number of aromatic amines is 1. The third kappa shape index (κ3) is 5.77. The van der Waals surface area contributed by atoms with Crippen LogP contribution in [-0.2, 0) is 15.3 Å². The lowest BCUT2D eigenvalue weighted by atomic mass is 10.1. The fourth-order valence-electron chi connectivity index (χ4n) is 3.70. The van der Waals surface area contributed by atoms with Crippen LogP contribution >= 0.6 is 23.1 Å². The number of anilines is 1. The van der Waals surface area contributed by atoms with Crippen LogP contribution in [0.15, 0.2) is 29.1 Å². The number of nitrogens with one attached hydrogen (secondary N) is 2. The number of hydrogen-bond acceptors (Lipinski definition) is 7. The molecule has 2 aromatic heterocycles. The Morgan fingerprint density at radius 1 is 1.36 bits per heavy atom. The summed E-state index contributed by atoms with van der Waals surface area (Å²) in [5.41, 5.74) is 1.50. The highest BCUT2D eigenvalue weighted by Gasteiger charge is 2.19. The van der Waals surface area contributed by atoms with E-state index in [1.54, 1.807) is 0 Å². The number of H-pyrrole nitrogens is 1. The number of hydrogen-bond donors (Lipinski definition) is 2. The summed E-state index contributed by atoms with van der Waals surface area (Å²) >= 11 is 2.95. The molecule has 0 radical (unpaired) electrons. The Kier molecular flexibility index (Phi) is 7.72. The molecule has 33 heavy (non-hydrogen) atoms. The number of aromatic nitrogens is 2. The Balaban J connectivity index is 1.35. The van der Waals surface area contributed by atoms with Crippen molar-refractivity contribution >= 4 is 44.9 Å². The molecule has 1 saturated heterocycles. The zero-order chi connectivity index (χ0) is 23.4. The van der Waals surface area contributed by atoms with Crippen LogP contribution in [0.3, 0.4) is 0 Å². The van der Waals surface area contributed by atoms with E-state index in [4.69, 9.17) is 9.47 Å². The average molecular weight is 488 g/mol. The summed E-state index contributed by atoms with van der Waals surface area (Å²) in [6, 6.07) is 7.44. The fraction of sp³-hybridized carbons (Fsp3) is 0.458. The first-order valence-corrected chi connectivity index (χ1v) is 13.0. The first-order valence-electron chi connectivity index (χ1n) is 11.2. The highest BCUT2D eigenvalue weighted by molar-refractivity contribution is 7.99. The number of thioether (sulfide) groups is 1. The summed E-state index contributed by atoms with van der Waals surface area (Å²) in [7, 11) is 0. The highest BCUT2D eigenvalue weighted by atomic mass is 32.2. The van der Waals surface area contributed by atoms with E-state index in [2.05, 4.69) is 15.3 Å². The van der Waals surface area contributed by atoms with Gasteiger partial charge in [0.25, 0.3) is 5.56 Å². The van der Waals surface area contributed by atoms with Crippen LogP contribution in [0.5, 0.6) is 5.75 Å². The van der Waals surface area contributed by atoms with Crippen LogP contribution in [0.1, 0.15) is 42.5 Å². The Morgan fingerprint density at radius 3 is 2.97 bits per heavy atom. The predicted molar refractivity (Wildman–Crippen MR) is 135 cm³/mol. The number of fused-ring (bicyclic) bond motifs is 1. The number of benzene rings is 1. The number of aryl methyl sites for hydroxylation is 2. The van der Waals surface area contributed by atoms with Gasteiger partial charge in [-0.1, -0.05) is 12.1 Å². The van der Waals surface area contributed by atoms with Gasteiger partial charge in [0.1, 0.15) is 23.0 Å². The molecule has 3 heterocycles. The van der Waals surface area contributed by atoms with E-state index in [0.29, 0.717) is 35.0 Å². The zero-order valence-corrected chi connectivity index (χ0v) is 20.7. The Morgan fingerprint density at radius 2 is 2.18 bits per heavy atom. The maximum atomic E-state index is 12.8. The van der Waals surface area contributed by atoms with Crippen LogP contribution in [-0.4, -0.2) is 40.4 Å². The lowest BCUT2D eigenvalue weighted by molar-refractivity contribution is -0.115. The molecule has 2 N–H and O–H groups in total. The monoisotopic (exact) mass is 487 g/mol. The van der Waals surface area contributed by atoms with Gasteiger partial charge in [-0.25, -0.2) is 4.98 Å². The van der Waals surface area contributed by atoms with E-state index < -0.39 is 0 Å². The molecule has 1 aliphatic rings. The molecule has 0 spiro atoms. The smallest absolute Gasteiger partial charge is 0.259 e. The number of para-hydroxylation sites is 2. The SMILES string of the molecule is Cc1sc2nc(CSC(C)C(=O)Nc3ccccc3OCC3CCCCO3)[nH]c(=O)c2c1C. The maximum Gasteiger partial charge on any atom is 0.259 e. The van der Waals surface area contributed by atoms with Crippen molar-refractivity contribution in [1.82, 2.24) is 9.97 Å². The van der Waals surface area contributed by atoms with Crippen molar-refractivity contribution in [3.8, 4) is 5.75 Å². The number of ether oxygens (including phenoxy) is 2. The zero-order valence-electron chi connectivity index (χ0n) is 19.1. The standard InChI is InChI=1S/C24H29N3O4S2/c1-14-15(2)33-24-21(14)23(29)26-20(27-24)13-32-16(3)22(28)25-18-9-4-5-10-19(18)31-12-17-8-6-7-11-30-17/h4-5,9-10,16-17H,6-8,11-13H2,1-3H3,(H,25,28)(H,26,27,29). The molecule has 4 rings (SSSR count). The molecule has 1 aromatic carbocycles. The van der Waals surface area contributed by atoms with Gasteiger partial charge in [-0.15, -0.1) is 23.1 Å². The van der Waals surface area contributed by atoms with Gasteiger partial charge in [-0.3, -0.25) is 9.59 Å². The van der Waals surface area contributed by atoms with Crippen molar-refractivity contribution in [3.63, 3.8) is 0 Å². The van der Waals surface area contributed by atoms with Crippen LogP contribution in [0.2, 0.25) is 0 Å². The summed E-state index contributed by atoms with van der Waals surface area (Å²) in [5.74, 6) is 1.52. The summed E-state index contributed by atoms with van der Waals surface area (Å²) in [5, 5.41) is 3.29. The van der Waals surface area contributed by atoms with Crippen molar-refractivity contribution in [3.05, 3.63) is 50.9 Å². The van der Waals surface area contributed by atoms with E-state index in [0.717, 1.165) is 41.1 Å². The fourth-order valence-corrected chi connectivity index (χ4v) is 5.50. The number of thiophene rings is 1. The molecule has 1 amide bonds. The molecule has 0 aliphatic carbocycles. The minimum Gasteiger partial charge on any atom is -0.489 e. The van der Waals surface area contributed by atoms with Gasteiger partial charge in [0.2, 0.25) is 5.91 Å². The van der Waals surface area contributed by atoms with Crippen molar-refractivity contribution in [2.24, 2.45) is 0 Å². The number of carbonyl (C=O) groups is 1. The molecule has 3 aromatic rings. The number of nitrogens with zero attached hydrogens (tertiary/aromatic N) is 1. The highest BCUT2D eigenvalue weighted by Crippen LogP contribution is 2.28. The van der Waals surface area contributed by atoms with Crippen molar-refractivity contribution in [2.75, 3.05) is 18.5 Å². The van der Waals surface area contributed by atoms with Gasteiger partial charge >= 0.3 is 0 Å². The van der Waals surface area contributed by atoms with Crippen molar-refractivity contribution < 1.29 is 14.3 Å². The van der Waals surface area contributed by atoms with Gasteiger partial charge in [-0.05, 0) is 57.7 Å². The summed E-state index contributed by atoms with van der Waals surface area (Å²) < 4.78 is 11.7. The van der Waals surface area contributed by atoms with Gasteiger partial charge in [-0.2, -0.15) is 0 Å². The topological polar surface area (TPSA) is 93.3 Å². The number of amides is 1. The molecule has 2 atom stereocenters. The predicted octanol–water partition coefficient (Wildman–Crippen LogP) is 4.81. The number of rotatable bonds is 8. The second-order valence-corrected chi connectivity index (χ2v) is 10.7. The van der Waals surface area contributed by atoms with E-state index in [1.807, 2.05) is 45.0 Å². The normalized spacial score (nSPS) is 17.1. The largest absolute Gasteiger partial charge is 0.489 e. The van der Waals surface area contributed by atoms with Crippen LogP contribution in [0.25, 0.3) is 10.2 Å².